The summed E-state index contributed by atoms with van der Waals surface area (Å²) in [7, 11) is -3.74. The molecule has 2 aliphatic rings. The fraction of sp³-hybridized carbons (Fsp3) is 0.909. The van der Waals surface area contributed by atoms with E-state index in [0.29, 0.717) is 19.4 Å². The lowest BCUT2D eigenvalue weighted by molar-refractivity contribution is -0.142. The van der Waals surface area contributed by atoms with Crippen LogP contribution in [0.3, 0.4) is 0 Å². The Hall–Kier alpha value is -0.700. The molecule has 1 aliphatic carbocycles. The molecule has 1 heterocycles. The van der Waals surface area contributed by atoms with Gasteiger partial charge in [0.1, 0.15) is 0 Å². The zero-order chi connectivity index (χ0) is 13.9. The third-order valence-corrected chi connectivity index (χ3v) is 5.01. The van der Waals surface area contributed by atoms with Crippen molar-refractivity contribution in [1.82, 2.24) is 9.19 Å². The highest BCUT2D eigenvalue weighted by Gasteiger charge is 2.33. The van der Waals surface area contributed by atoms with E-state index in [1.165, 1.54) is 0 Å². The minimum absolute atomic E-state index is 0.0126. The van der Waals surface area contributed by atoms with Gasteiger partial charge in [0.2, 0.25) is 0 Å². The predicted octanol–water partition coefficient (Wildman–Crippen LogP) is 0.492. The van der Waals surface area contributed by atoms with Crippen LogP contribution in [0.1, 0.15) is 38.5 Å². The van der Waals surface area contributed by atoms with Crippen LogP contribution in [0.15, 0.2) is 0 Å². The van der Waals surface area contributed by atoms with Crippen molar-refractivity contribution in [3.05, 3.63) is 0 Å². The Morgan fingerprint density at radius 1 is 1.21 bits per heavy atom. The van der Waals surface area contributed by atoms with Crippen molar-refractivity contribution in [1.29, 1.82) is 0 Å². The summed E-state index contributed by atoms with van der Waals surface area (Å²) in [6, 6.07) is 0. The summed E-state index contributed by atoms with van der Waals surface area (Å²) in [6.07, 6.45) is 4.84. The highest BCUT2D eigenvalue weighted by atomic mass is 32.2. The quantitative estimate of drug-likeness (QED) is 0.719. The molecular weight excluding hydrogens is 272 g/mol. The van der Waals surface area contributed by atoms with Gasteiger partial charge in [0.15, 0.2) is 0 Å². The number of aliphatic carboxylic acids is 1. The van der Waals surface area contributed by atoms with Crippen molar-refractivity contribution < 1.29 is 23.2 Å². The van der Waals surface area contributed by atoms with Crippen LogP contribution >= 0.6 is 0 Å². The Balaban J connectivity index is 1.88. The summed E-state index contributed by atoms with van der Waals surface area (Å²) in [5.41, 5.74) is 0. The van der Waals surface area contributed by atoms with Crippen LogP contribution in [0.2, 0.25) is 0 Å². The van der Waals surface area contributed by atoms with E-state index < -0.39 is 22.1 Å². The summed E-state index contributed by atoms with van der Waals surface area (Å²) in [6.45, 7) is 0.353. The number of carboxylic acids is 1. The summed E-state index contributed by atoms with van der Waals surface area (Å²) < 4.78 is 25.2. The third kappa shape index (κ3) is 3.88. The van der Waals surface area contributed by atoms with Gasteiger partial charge < -0.3 is 5.11 Å². The zero-order valence-electron chi connectivity index (χ0n) is 10.7. The van der Waals surface area contributed by atoms with Crippen molar-refractivity contribution >= 4 is 16.2 Å². The summed E-state index contributed by atoms with van der Waals surface area (Å²) in [5.74, 6) is -1.58. The standard InChI is InChI=1S/C11H20N2O5S/c14-11(15)9-4-3-7-13(8-9)19(16,17)12-18-10-5-1-2-6-10/h9-10,12H,1-8H2,(H,14,15). The minimum Gasteiger partial charge on any atom is -0.481 e. The first-order chi connectivity index (χ1) is 8.99. The molecule has 7 nitrogen and oxygen atoms in total. The van der Waals surface area contributed by atoms with Crippen molar-refractivity contribution in [2.24, 2.45) is 5.92 Å². The normalized spacial score (nSPS) is 26.6. The van der Waals surface area contributed by atoms with Gasteiger partial charge in [-0.15, -0.1) is 0 Å². The molecule has 0 spiro atoms. The largest absolute Gasteiger partial charge is 0.481 e. The number of carboxylic acid groups (broad SMARTS) is 1. The molecule has 1 saturated carbocycles. The molecule has 2 N–H and O–H groups in total. The molecular formula is C11H20N2O5S. The fourth-order valence-electron chi connectivity index (χ4n) is 2.55. The molecule has 1 unspecified atom stereocenters. The van der Waals surface area contributed by atoms with E-state index in [2.05, 4.69) is 4.89 Å². The van der Waals surface area contributed by atoms with Crippen LogP contribution in [-0.4, -0.2) is 43.0 Å². The van der Waals surface area contributed by atoms with Gasteiger partial charge in [-0.2, -0.15) is 12.7 Å². The van der Waals surface area contributed by atoms with Crippen LogP contribution in [0.4, 0.5) is 0 Å². The van der Waals surface area contributed by atoms with Crippen molar-refractivity contribution in [3.63, 3.8) is 0 Å². The number of nitrogens with zero attached hydrogens (tertiary/aromatic N) is 1. The Bertz CT molecular complexity index is 419. The summed E-state index contributed by atoms with van der Waals surface area (Å²) in [4.78, 5) is 18.2. The first kappa shape index (κ1) is 14.7. The van der Waals surface area contributed by atoms with Gasteiger partial charge in [-0.25, -0.2) is 0 Å². The van der Waals surface area contributed by atoms with Gasteiger partial charge in [-0.3, -0.25) is 9.63 Å². The van der Waals surface area contributed by atoms with Crippen LogP contribution in [0.25, 0.3) is 0 Å². The van der Waals surface area contributed by atoms with E-state index in [-0.39, 0.29) is 12.6 Å². The molecule has 0 aromatic rings. The summed E-state index contributed by atoms with van der Waals surface area (Å²) >= 11 is 0. The Labute approximate surface area is 113 Å². The highest BCUT2D eigenvalue weighted by molar-refractivity contribution is 7.87. The molecule has 2 fully saturated rings. The fourth-order valence-corrected chi connectivity index (χ4v) is 3.66. The molecule has 110 valence electrons. The Kier molecular flexibility index (Phi) is 4.77. The first-order valence-electron chi connectivity index (χ1n) is 6.64. The van der Waals surface area contributed by atoms with Crippen LogP contribution in [0, 0.1) is 5.92 Å². The van der Waals surface area contributed by atoms with Gasteiger partial charge in [0, 0.05) is 13.1 Å². The smallest absolute Gasteiger partial charge is 0.307 e. The molecule has 0 amide bonds. The minimum atomic E-state index is -3.74. The van der Waals surface area contributed by atoms with E-state index in [9.17, 15) is 13.2 Å². The van der Waals surface area contributed by atoms with Gasteiger partial charge in [0.05, 0.1) is 12.0 Å². The number of nitrogens with one attached hydrogen (secondary N) is 1. The third-order valence-electron chi connectivity index (χ3n) is 3.70. The Morgan fingerprint density at radius 2 is 1.89 bits per heavy atom. The van der Waals surface area contributed by atoms with Crippen molar-refractivity contribution in [2.45, 2.75) is 44.6 Å². The van der Waals surface area contributed by atoms with E-state index in [1.807, 2.05) is 0 Å². The summed E-state index contributed by atoms with van der Waals surface area (Å²) in [5, 5.41) is 8.95. The molecule has 2 rings (SSSR count). The van der Waals surface area contributed by atoms with Gasteiger partial charge in [-0.05, 0) is 25.7 Å². The molecule has 0 aromatic heterocycles. The average molecular weight is 292 g/mol. The second kappa shape index (κ2) is 6.17. The SMILES string of the molecule is O=C(O)C1CCCN(S(=O)(=O)NOC2CCCC2)C1. The molecule has 1 atom stereocenters. The number of hydrogen-bond donors (Lipinski definition) is 2. The number of hydrogen-bond acceptors (Lipinski definition) is 4. The lowest BCUT2D eigenvalue weighted by Gasteiger charge is -2.29. The average Bonchev–Trinajstić information content (AvgIpc) is 2.90. The van der Waals surface area contributed by atoms with Crippen molar-refractivity contribution in [2.75, 3.05) is 13.1 Å². The maximum absolute atomic E-state index is 12.0. The highest BCUT2D eigenvalue weighted by Crippen LogP contribution is 2.22. The van der Waals surface area contributed by atoms with E-state index in [1.54, 1.807) is 0 Å². The second-order valence-electron chi connectivity index (χ2n) is 5.15. The molecule has 0 radical (unpaired) electrons. The molecule has 1 aliphatic heterocycles. The molecule has 0 aromatic carbocycles. The zero-order valence-corrected chi connectivity index (χ0v) is 11.6. The van der Waals surface area contributed by atoms with Gasteiger partial charge in [0.25, 0.3) is 0 Å². The van der Waals surface area contributed by atoms with Gasteiger partial charge in [-0.1, -0.05) is 17.7 Å². The van der Waals surface area contributed by atoms with Crippen LogP contribution < -0.4 is 4.89 Å². The van der Waals surface area contributed by atoms with Crippen LogP contribution in [0.5, 0.6) is 0 Å². The molecule has 0 bridgehead atoms. The number of piperidine rings is 1. The lowest BCUT2D eigenvalue weighted by atomic mass is 10.0. The molecule has 8 heteroatoms. The van der Waals surface area contributed by atoms with E-state index >= 15 is 0 Å². The van der Waals surface area contributed by atoms with E-state index in [4.69, 9.17) is 9.94 Å². The first-order valence-corrected chi connectivity index (χ1v) is 8.08. The maximum Gasteiger partial charge on any atom is 0.307 e. The number of rotatable bonds is 5. The Morgan fingerprint density at radius 3 is 2.53 bits per heavy atom. The number of carbonyl (C=O) groups is 1. The topological polar surface area (TPSA) is 95.9 Å². The van der Waals surface area contributed by atoms with Gasteiger partial charge >= 0.3 is 16.2 Å². The molecule has 1 saturated heterocycles. The van der Waals surface area contributed by atoms with Crippen molar-refractivity contribution in [3.8, 4) is 0 Å². The second-order valence-corrected chi connectivity index (χ2v) is 6.78. The predicted molar refractivity (Wildman–Crippen MR) is 67.3 cm³/mol. The maximum atomic E-state index is 12.0. The monoisotopic (exact) mass is 292 g/mol. The lowest BCUT2D eigenvalue weighted by Crippen LogP contribution is -2.48. The molecule has 19 heavy (non-hydrogen) atoms. The van der Waals surface area contributed by atoms with E-state index in [0.717, 1.165) is 30.0 Å². The van der Waals surface area contributed by atoms with Crippen LogP contribution in [-0.2, 0) is 19.8 Å².